The number of anilines is 1. The van der Waals surface area contributed by atoms with E-state index >= 15 is 0 Å². The maximum atomic E-state index is 12.8. The molecule has 0 bridgehead atoms. The molecule has 31 heavy (non-hydrogen) atoms. The quantitative estimate of drug-likeness (QED) is 0.748. The first kappa shape index (κ1) is 23.1. The molecule has 2 aliphatic heterocycles. The summed E-state index contributed by atoms with van der Waals surface area (Å²) in [6, 6.07) is 1.32. The largest absolute Gasteiger partial charge is 0.478 e. The van der Waals surface area contributed by atoms with Crippen LogP contribution in [0.5, 0.6) is 0 Å². The van der Waals surface area contributed by atoms with E-state index in [2.05, 4.69) is 5.32 Å². The zero-order chi connectivity index (χ0) is 22.8. The maximum absolute atomic E-state index is 12.8. The number of aromatic nitrogens is 1. The number of pyridine rings is 1. The summed E-state index contributed by atoms with van der Waals surface area (Å²) in [5.41, 5.74) is -0.842. The van der Waals surface area contributed by atoms with E-state index in [9.17, 15) is 19.5 Å². The van der Waals surface area contributed by atoms with E-state index < -0.39 is 17.1 Å². The van der Waals surface area contributed by atoms with Crippen LogP contribution in [0.1, 0.15) is 69.8 Å². The Bertz CT molecular complexity index is 874. The number of carbonyl (C=O) groups excluding carboxylic acids is 1. The number of likely N-dealkylation sites (tertiary alicyclic amines) is 1. The smallest absolute Gasteiger partial charge is 0.410 e. The number of nitrogens with one attached hydrogen (secondary N) is 1. The molecule has 172 valence electrons. The Kier molecular flexibility index (Phi) is 6.64. The summed E-state index contributed by atoms with van der Waals surface area (Å²) in [6.07, 6.45) is 3.68. The molecule has 0 atom stereocenters. The number of aromatic carboxylic acids is 1. The Morgan fingerprint density at radius 3 is 2.39 bits per heavy atom. The highest BCUT2D eigenvalue weighted by atomic mass is 16.6. The molecule has 0 spiro atoms. The Labute approximate surface area is 182 Å². The molecule has 1 amide bonds. The summed E-state index contributed by atoms with van der Waals surface area (Å²) in [4.78, 5) is 38.7. The van der Waals surface area contributed by atoms with Gasteiger partial charge in [-0.15, -0.1) is 0 Å². The second-order valence-electron chi connectivity index (χ2n) is 9.65. The van der Waals surface area contributed by atoms with E-state index in [1.165, 1.54) is 16.8 Å². The number of hydrogen-bond donors (Lipinski definition) is 2. The second-order valence-corrected chi connectivity index (χ2v) is 9.65. The van der Waals surface area contributed by atoms with Gasteiger partial charge in [-0.25, -0.2) is 9.59 Å². The molecule has 1 aromatic heterocycles. The minimum absolute atomic E-state index is 0.0546. The van der Waals surface area contributed by atoms with Crippen molar-refractivity contribution < 1.29 is 24.2 Å². The first-order chi connectivity index (χ1) is 14.5. The Balaban J connectivity index is 1.74. The lowest BCUT2D eigenvalue weighted by Gasteiger charge is -2.41. The minimum atomic E-state index is -1.09. The molecular weight excluding hydrogens is 402 g/mol. The predicted molar refractivity (Wildman–Crippen MR) is 116 cm³/mol. The molecule has 3 heterocycles. The van der Waals surface area contributed by atoms with Crippen LogP contribution in [0.3, 0.4) is 0 Å². The first-order valence-electron chi connectivity index (χ1n) is 10.8. The number of carboxylic acid groups (broad SMARTS) is 1. The number of ether oxygens (including phenoxy) is 2. The summed E-state index contributed by atoms with van der Waals surface area (Å²) in [7, 11) is 0. The van der Waals surface area contributed by atoms with Crippen molar-refractivity contribution >= 4 is 17.7 Å². The van der Waals surface area contributed by atoms with Crippen molar-refractivity contribution in [3.63, 3.8) is 0 Å². The molecule has 9 heteroatoms. The van der Waals surface area contributed by atoms with Gasteiger partial charge in [0.15, 0.2) is 0 Å². The van der Waals surface area contributed by atoms with E-state index in [0.29, 0.717) is 57.7 Å². The van der Waals surface area contributed by atoms with Crippen LogP contribution in [0.25, 0.3) is 0 Å². The summed E-state index contributed by atoms with van der Waals surface area (Å²) in [5.74, 6) is -1.09. The van der Waals surface area contributed by atoms with Gasteiger partial charge in [0.25, 0.3) is 5.56 Å². The first-order valence-corrected chi connectivity index (χ1v) is 10.8. The van der Waals surface area contributed by atoms with Crippen LogP contribution in [-0.2, 0) is 9.47 Å². The molecule has 9 nitrogen and oxygen atoms in total. The third kappa shape index (κ3) is 5.78. The van der Waals surface area contributed by atoms with Crippen LogP contribution in [-0.4, -0.2) is 64.1 Å². The maximum Gasteiger partial charge on any atom is 0.410 e. The standard InChI is InChI=1S/C22H33N3O6/c1-21(2,3)31-20(29)24-9-7-22(4,8-10-24)23-17-13-18(26)25(14-16(17)19(27)28)15-5-11-30-12-6-15/h13-15,23H,5-12H2,1-4H3,(H,27,28). The number of hydrogen-bond acceptors (Lipinski definition) is 6. The van der Waals surface area contributed by atoms with E-state index in [0.717, 1.165) is 0 Å². The van der Waals surface area contributed by atoms with Crippen molar-refractivity contribution in [2.75, 3.05) is 31.6 Å². The van der Waals surface area contributed by atoms with Gasteiger partial charge in [-0.1, -0.05) is 0 Å². The number of piperidine rings is 1. The zero-order valence-electron chi connectivity index (χ0n) is 18.8. The summed E-state index contributed by atoms with van der Waals surface area (Å²) < 4.78 is 12.3. The summed E-state index contributed by atoms with van der Waals surface area (Å²) in [5, 5.41) is 13.1. The predicted octanol–water partition coefficient (Wildman–Crippen LogP) is 3.10. The third-order valence-corrected chi connectivity index (χ3v) is 5.85. The Hall–Kier alpha value is -2.55. The highest BCUT2D eigenvalue weighted by molar-refractivity contribution is 5.94. The second kappa shape index (κ2) is 8.90. The van der Waals surface area contributed by atoms with Crippen LogP contribution < -0.4 is 10.9 Å². The molecule has 0 saturated carbocycles. The molecule has 2 fully saturated rings. The normalized spacial score (nSPS) is 19.7. The number of rotatable bonds is 4. The van der Waals surface area contributed by atoms with Crippen LogP contribution in [0.2, 0.25) is 0 Å². The molecule has 2 N–H and O–H groups in total. The summed E-state index contributed by atoms with van der Waals surface area (Å²) >= 11 is 0. The van der Waals surface area contributed by atoms with Crippen molar-refractivity contribution in [2.24, 2.45) is 0 Å². The van der Waals surface area contributed by atoms with Crippen LogP contribution in [0.4, 0.5) is 10.5 Å². The molecular formula is C22H33N3O6. The molecule has 0 radical (unpaired) electrons. The molecule has 2 saturated heterocycles. The van der Waals surface area contributed by atoms with Crippen molar-refractivity contribution in [2.45, 2.75) is 70.6 Å². The van der Waals surface area contributed by atoms with Gasteiger partial charge in [-0.3, -0.25) is 4.79 Å². The van der Waals surface area contributed by atoms with Crippen LogP contribution >= 0.6 is 0 Å². The van der Waals surface area contributed by atoms with Gasteiger partial charge in [0.2, 0.25) is 0 Å². The fourth-order valence-corrected chi connectivity index (χ4v) is 4.03. The minimum Gasteiger partial charge on any atom is -0.478 e. The molecule has 0 unspecified atom stereocenters. The molecule has 2 aliphatic rings. The molecule has 0 aromatic carbocycles. The number of nitrogens with zero attached hydrogens (tertiary/aromatic N) is 2. The fraction of sp³-hybridized carbons (Fsp3) is 0.682. The van der Waals surface area contributed by atoms with Gasteiger partial charge < -0.3 is 29.4 Å². The fourth-order valence-electron chi connectivity index (χ4n) is 4.03. The van der Waals surface area contributed by atoms with E-state index in [-0.39, 0.29) is 23.3 Å². The van der Waals surface area contributed by atoms with Crippen molar-refractivity contribution in [1.29, 1.82) is 0 Å². The number of amides is 1. The molecule has 0 aliphatic carbocycles. The van der Waals surface area contributed by atoms with E-state index in [1.54, 1.807) is 4.90 Å². The van der Waals surface area contributed by atoms with Gasteiger partial charge >= 0.3 is 12.1 Å². The lowest BCUT2D eigenvalue weighted by Crippen LogP contribution is -2.50. The summed E-state index contributed by atoms with van der Waals surface area (Å²) in [6.45, 7) is 9.57. The lowest BCUT2D eigenvalue weighted by atomic mass is 9.89. The van der Waals surface area contributed by atoms with E-state index in [4.69, 9.17) is 9.47 Å². The van der Waals surface area contributed by atoms with Crippen LogP contribution in [0.15, 0.2) is 17.1 Å². The van der Waals surface area contributed by atoms with Crippen molar-refractivity contribution in [3.05, 3.63) is 28.2 Å². The Morgan fingerprint density at radius 2 is 1.84 bits per heavy atom. The highest BCUT2D eigenvalue weighted by Gasteiger charge is 2.34. The zero-order valence-corrected chi connectivity index (χ0v) is 18.8. The van der Waals surface area contributed by atoms with Crippen LogP contribution in [0, 0.1) is 0 Å². The van der Waals surface area contributed by atoms with Gasteiger partial charge in [0, 0.05) is 50.1 Å². The van der Waals surface area contributed by atoms with Crippen molar-refractivity contribution in [3.8, 4) is 0 Å². The van der Waals surface area contributed by atoms with Crippen molar-refractivity contribution in [1.82, 2.24) is 9.47 Å². The number of carboxylic acids is 1. The van der Waals surface area contributed by atoms with Gasteiger partial charge in [0.1, 0.15) is 5.60 Å². The monoisotopic (exact) mass is 435 g/mol. The van der Waals surface area contributed by atoms with Gasteiger partial charge in [-0.05, 0) is 53.4 Å². The number of carbonyl (C=O) groups is 2. The third-order valence-electron chi connectivity index (χ3n) is 5.85. The molecule has 3 rings (SSSR count). The topological polar surface area (TPSA) is 110 Å². The lowest BCUT2D eigenvalue weighted by molar-refractivity contribution is 0.0184. The van der Waals surface area contributed by atoms with Gasteiger partial charge in [-0.2, -0.15) is 0 Å². The molecule has 1 aromatic rings. The highest BCUT2D eigenvalue weighted by Crippen LogP contribution is 2.29. The SMILES string of the molecule is CC1(Nc2cc(=O)n(C3CCOCC3)cc2C(=O)O)CCN(C(=O)OC(C)(C)C)CC1. The average molecular weight is 436 g/mol. The Morgan fingerprint density at radius 1 is 1.23 bits per heavy atom. The average Bonchev–Trinajstić information content (AvgIpc) is 2.67. The van der Waals surface area contributed by atoms with Gasteiger partial charge in [0.05, 0.1) is 11.3 Å². The van der Waals surface area contributed by atoms with E-state index in [1.807, 2.05) is 27.7 Å².